The predicted octanol–water partition coefficient (Wildman–Crippen LogP) is 2.53. The first-order valence-corrected chi connectivity index (χ1v) is 4.49. The van der Waals surface area contributed by atoms with E-state index < -0.39 is 0 Å². The summed E-state index contributed by atoms with van der Waals surface area (Å²) in [6, 6.07) is 3.60. The molecule has 1 aromatic rings. The van der Waals surface area contributed by atoms with Crippen molar-refractivity contribution in [2.45, 2.75) is 25.8 Å². The molecule has 0 amide bonds. The van der Waals surface area contributed by atoms with Crippen molar-refractivity contribution in [3.63, 3.8) is 0 Å². The molecule has 3 heteroatoms. The third kappa shape index (κ3) is 2.47. The van der Waals surface area contributed by atoms with E-state index in [1.807, 2.05) is 6.07 Å². The fourth-order valence-electron chi connectivity index (χ4n) is 1.08. The molecule has 0 aromatic carbocycles. The minimum Gasteiger partial charge on any atom is -0.323 e. The summed E-state index contributed by atoms with van der Waals surface area (Å²) in [5.74, 6) is 0. The van der Waals surface area contributed by atoms with E-state index in [1.54, 1.807) is 12.3 Å². The monoisotopic (exact) mass is 184 g/mol. The average molecular weight is 185 g/mol. The SMILES string of the molecule is CCC[C@H](N)c1cc(Cl)ccn1. The number of aromatic nitrogens is 1. The van der Waals surface area contributed by atoms with Crippen LogP contribution in [0.5, 0.6) is 0 Å². The third-order valence-electron chi connectivity index (χ3n) is 1.72. The standard InChI is InChI=1S/C9H13ClN2/c1-2-3-8(11)9-6-7(10)4-5-12-9/h4-6,8H,2-3,11H2,1H3/t8-/m0/s1. The topological polar surface area (TPSA) is 38.9 Å². The van der Waals surface area contributed by atoms with E-state index in [1.165, 1.54) is 0 Å². The van der Waals surface area contributed by atoms with Gasteiger partial charge in [-0.3, -0.25) is 4.98 Å². The van der Waals surface area contributed by atoms with Crippen LogP contribution < -0.4 is 5.73 Å². The van der Waals surface area contributed by atoms with Gasteiger partial charge >= 0.3 is 0 Å². The van der Waals surface area contributed by atoms with Gasteiger partial charge in [-0.1, -0.05) is 24.9 Å². The van der Waals surface area contributed by atoms with E-state index >= 15 is 0 Å². The number of halogens is 1. The van der Waals surface area contributed by atoms with Crippen LogP contribution in [0.1, 0.15) is 31.5 Å². The van der Waals surface area contributed by atoms with Gasteiger partial charge in [0, 0.05) is 17.3 Å². The summed E-state index contributed by atoms with van der Waals surface area (Å²) < 4.78 is 0. The quantitative estimate of drug-likeness (QED) is 0.784. The first-order valence-electron chi connectivity index (χ1n) is 4.11. The summed E-state index contributed by atoms with van der Waals surface area (Å²) in [5.41, 5.74) is 6.73. The third-order valence-corrected chi connectivity index (χ3v) is 1.96. The van der Waals surface area contributed by atoms with E-state index in [4.69, 9.17) is 17.3 Å². The van der Waals surface area contributed by atoms with Crippen LogP contribution in [0.4, 0.5) is 0 Å². The summed E-state index contributed by atoms with van der Waals surface area (Å²) >= 11 is 5.79. The Hall–Kier alpha value is -0.600. The highest BCUT2D eigenvalue weighted by Gasteiger charge is 2.05. The van der Waals surface area contributed by atoms with Gasteiger partial charge in [-0.25, -0.2) is 0 Å². The van der Waals surface area contributed by atoms with Crippen LogP contribution in [0.15, 0.2) is 18.3 Å². The predicted molar refractivity (Wildman–Crippen MR) is 51.1 cm³/mol. The van der Waals surface area contributed by atoms with E-state index in [0.29, 0.717) is 5.02 Å². The largest absolute Gasteiger partial charge is 0.323 e. The number of nitrogens with two attached hydrogens (primary N) is 1. The Morgan fingerprint density at radius 1 is 1.67 bits per heavy atom. The lowest BCUT2D eigenvalue weighted by molar-refractivity contribution is 0.622. The lowest BCUT2D eigenvalue weighted by Gasteiger charge is -2.08. The van der Waals surface area contributed by atoms with Gasteiger partial charge in [0.15, 0.2) is 0 Å². The maximum atomic E-state index is 5.85. The minimum atomic E-state index is 0.0219. The van der Waals surface area contributed by atoms with Gasteiger partial charge in [-0.05, 0) is 18.6 Å². The Morgan fingerprint density at radius 2 is 2.42 bits per heavy atom. The lowest BCUT2D eigenvalue weighted by atomic mass is 10.1. The molecule has 66 valence electrons. The highest BCUT2D eigenvalue weighted by molar-refractivity contribution is 6.30. The van der Waals surface area contributed by atoms with Gasteiger partial charge in [0.25, 0.3) is 0 Å². The maximum Gasteiger partial charge on any atom is 0.0585 e. The normalized spacial score (nSPS) is 12.9. The first-order chi connectivity index (χ1) is 5.74. The van der Waals surface area contributed by atoms with Crippen molar-refractivity contribution in [3.8, 4) is 0 Å². The molecule has 1 rings (SSSR count). The molecule has 0 aliphatic carbocycles. The van der Waals surface area contributed by atoms with Crippen molar-refractivity contribution in [2.75, 3.05) is 0 Å². The Bertz CT molecular complexity index is 250. The zero-order valence-corrected chi connectivity index (χ0v) is 7.88. The second-order valence-corrected chi connectivity index (χ2v) is 3.23. The van der Waals surface area contributed by atoms with Crippen molar-refractivity contribution in [1.82, 2.24) is 4.98 Å². The molecule has 2 nitrogen and oxygen atoms in total. The molecule has 0 saturated carbocycles. The molecule has 0 aliphatic rings. The Labute approximate surface area is 77.8 Å². The molecule has 0 aliphatic heterocycles. The van der Waals surface area contributed by atoms with Crippen LogP contribution in [0.2, 0.25) is 5.02 Å². The van der Waals surface area contributed by atoms with E-state index in [-0.39, 0.29) is 6.04 Å². The molecule has 1 aromatic heterocycles. The van der Waals surface area contributed by atoms with Crippen molar-refractivity contribution < 1.29 is 0 Å². The summed E-state index contributed by atoms with van der Waals surface area (Å²) in [6.45, 7) is 2.10. The lowest BCUT2D eigenvalue weighted by Crippen LogP contribution is -2.11. The van der Waals surface area contributed by atoms with Crippen LogP contribution in [-0.2, 0) is 0 Å². The molecule has 12 heavy (non-hydrogen) atoms. The van der Waals surface area contributed by atoms with Crippen molar-refractivity contribution in [3.05, 3.63) is 29.0 Å². The van der Waals surface area contributed by atoms with Crippen LogP contribution in [-0.4, -0.2) is 4.98 Å². The van der Waals surface area contributed by atoms with Gasteiger partial charge < -0.3 is 5.73 Å². The number of nitrogens with zero attached hydrogens (tertiary/aromatic N) is 1. The molecule has 0 unspecified atom stereocenters. The van der Waals surface area contributed by atoms with Crippen LogP contribution in [0, 0.1) is 0 Å². The van der Waals surface area contributed by atoms with Crippen LogP contribution >= 0.6 is 11.6 Å². The van der Waals surface area contributed by atoms with Crippen LogP contribution in [0.25, 0.3) is 0 Å². The fraction of sp³-hybridized carbons (Fsp3) is 0.444. The highest BCUT2D eigenvalue weighted by atomic mass is 35.5. The molecule has 1 atom stereocenters. The van der Waals surface area contributed by atoms with Gasteiger partial charge in [0.05, 0.1) is 5.69 Å². The Balaban J connectivity index is 2.73. The van der Waals surface area contributed by atoms with Crippen LogP contribution in [0.3, 0.4) is 0 Å². The molecular weight excluding hydrogens is 172 g/mol. The zero-order chi connectivity index (χ0) is 8.97. The Morgan fingerprint density at radius 3 is 3.00 bits per heavy atom. The summed E-state index contributed by atoms with van der Waals surface area (Å²) in [5, 5.41) is 0.701. The van der Waals surface area contributed by atoms with Gasteiger partial charge in [-0.2, -0.15) is 0 Å². The average Bonchev–Trinajstić information content (AvgIpc) is 2.05. The summed E-state index contributed by atoms with van der Waals surface area (Å²) in [6.07, 6.45) is 3.70. The molecule has 0 bridgehead atoms. The molecular formula is C9H13ClN2. The summed E-state index contributed by atoms with van der Waals surface area (Å²) in [7, 11) is 0. The Kier molecular flexibility index (Phi) is 3.50. The molecule has 0 radical (unpaired) electrons. The second-order valence-electron chi connectivity index (χ2n) is 2.79. The zero-order valence-electron chi connectivity index (χ0n) is 7.13. The highest BCUT2D eigenvalue weighted by Crippen LogP contribution is 2.16. The van der Waals surface area contributed by atoms with Crippen molar-refractivity contribution >= 4 is 11.6 Å². The second kappa shape index (κ2) is 4.43. The molecule has 2 N–H and O–H groups in total. The molecule has 1 heterocycles. The maximum absolute atomic E-state index is 5.85. The van der Waals surface area contributed by atoms with E-state index in [2.05, 4.69) is 11.9 Å². The van der Waals surface area contributed by atoms with E-state index in [0.717, 1.165) is 18.5 Å². The molecule has 0 fully saturated rings. The van der Waals surface area contributed by atoms with Gasteiger partial charge in [0.1, 0.15) is 0 Å². The summed E-state index contributed by atoms with van der Waals surface area (Å²) in [4.78, 5) is 4.15. The number of rotatable bonds is 3. The first kappa shape index (κ1) is 9.49. The molecule has 0 saturated heterocycles. The molecule has 0 spiro atoms. The van der Waals surface area contributed by atoms with E-state index in [9.17, 15) is 0 Å². The van der Waals surface area contributed by atoms with Gasteiger partial charge in [-0.15, -0.1) is 0 Å². The number of pyridine rings is 1. The number of hydrogen-bond acceptors (Lipinski definition) is 2. The van der Waals surface area contributed by atoms with Crippen molar-refractivity contribution in [1.29, 1.82) is 0 Å². The van der Waals surface area contributed by atoms with Crippen molar-refractivity contribution in [2.24, 2.45) is 5.73 Å². The van der Waals surface area contributed by atoms with Gasteiger partial charge in [0.2, 0.25) is 0 Å². The minimum absolute atomic E-state index is 0.0219. The smallest absolute Gasteiger partial charge is 0.0585 e. The fourth-order valence-corrected chi connectivity index (χ4v) is 1.25. The number of hydrogen-bond donors (Lipinski definition) is 1.